The zero-order valence-corrected chi connectivity index (χ0v) is 14.1. The molecule has 0 spiro atoms. The van der Waals surface area contributed by atoms with Gasteiger partial charge in [-0.05, 0) is 43.9 Å². The summed E-state index contributed by atoms with van der Waals surface area (Å²) < 4.78 is 5.74. The first kappa shape index (κ1) is 16.1. The molecule has 0 aromatic carbocycles. The molecule has 1 aromatic heterocycles. The van der Waals surface area contributed by atoms with Crippen LogP contribution >= 0.6 is 0 Å². The van der Waals surface area contributed by atoms with Gasteiger partial charge in [0.2, 0.25) is 17.7 Å². The fraction of sp³-hybridized carbons (Fsp3) is 0.833. The van der Waals surface area contributed by atoms with Crippen molar-refractivity contribution < 1.29 is 14.3 Å². The molecular formula is C18H27N3O3. The van der Waals surface area contributed by atoms with Gasteiger partial charge in [-0.3, -0.25) is 4.79 Å². The Kier molecular flexibility index (Phi) is 4.57. The SMILES string of the molecule is O=C(CCc1nnc(C2CCCC2)o1)NC1C2CCC(C2)C1CO. The summed E-state index contributed by atoms with van der Waals surface area (Å²) in [4.78, 5) is 12.3. The zero-order valence-electron chi connectivity index (χ0n) is 14.1. The van der Waals surface area contributed by atoms with Gasteiger partial charge in [0.05, 0.1) is 0 Å². The zero-order chi connectivity index (χ0) is 16.5. The monoisotopic (exact) mass is 333 g/mol. The molecule has 6 nitrogen and oxygen atoms in total. The van der Waals surface area contributed by atoms with Crippen molar-refractivity contribution in [2.75, 3.05) is 6.61 Å². The number of rotatable bonds is 6. The van der Waals surface area contributed by atoms with E-state index in [-0.39, 0.29) is 24.5 Å². The van der Waals surface area contributed by atoms with Crippen LogP contribution in [0.1, 0.15) is 69.1 Å². The first-order chi connectivity index (χ1) is 11.7. The highest BCUT2D eigenvalue weighted by molar-refractivity contribution is 5.76. The van der Waals surface area contributed by atoms with E-state index < -0.39 is 0 Å². The van der Waals surface area contributed by atoms with Crippen molar-refractivity contribution in [2.24, 2.45) is 17.8 Å². The Morgan fingerprint density at radius 1 is 1.17 bits per heavy atom. The summed E-state index contributed by atoms with van der Waals surface area (Å²) in [6, 6.07) is 0.151. The minimum absolute atomic E-state index is 0.0339. The highest BCUT2D eigenvalue weighted by Crippen LogP contribution is 2.48. The Balaban J connectivity index is 1.27. The predicted molar refractivity (Wildman–Crippen MR) is 87.2 cm³/mol. The Morgan fingerprint density at radius 3 is 2.75 bits per heavy atom. The molecule has 0 saturated heterocycles. The number of aliphatic hydroxyl groups is 1. The lowest BCUT2D eigenvalue weighted by Gasteiger charge is -2.30. The molecule has 2 bridgehead atoms. The number of fused-ring (bicyclic) bond motifs is 2. The van der Waals surface area contributed by atoms with Gasteiger partial charge in [-0.15, -0.1) is 10.2 Å². The molecular weight excluding hydrogens is 306 g/mol. The Hall–Kier alpha value is -1.43. The second-order valence-corrected chi connectivity index (χ2v) is 7.79. The van der Waals surface area contributed by atoms with E-state index in [2.05, 4.69) is 15.5 Å². The largest absolute Gasteiger partial charge is 0.425 e. The lowest BCUT2D eigenvalue weighted by Crippen LogP contribution is -2.45. The van der Waals surface area contributed by atoms with E-state index in [4.69, 9.17) is 4.42 Å². The maximum absolute atomic E-state index is 12.3. The Morgan fingerprint density at radius 2 is 1.96 bits per heavy atom. The van der Waals surface area contributed by atoms with E-state index in [1.54, 1.807) is 0 Å². The van der Waals surface area contributed by atoms with Crippen molar-refractivity contribution in [3.05, 3.63) is 11.8 Å². The predicted octanol–water partition coefficient (Wildman–Crippen LogP) is 2.18. The lowest BCUT2D eigenvalue weighted by atomic mass is 9.85. The molecule has 3 aliphatic rings. The lowest BCUT2D eigenvalue weighted by molar-refractivity contribution is -0.122. The van der Waals surface area contributed by atoms with Gasteiger partial charge < -0.3 is 14.8 Å². The molecule has 3 aliphatic carbocycles. The molecule has 6 heteroatoms. The third kappa shape index (κ3) is 3.08. The Bertz CT molecular complexity index is 582. The van der Waals surface area contributed by atoms with Gasteiger partial charge in [-0.25, -0.2) is 0 Å². The van der Waals surface area contributed by atoms with Crippen molar-refractivity contribution in [3.8, 4) is 0 Å². The standard InChI is InChI=1S/C18H27N3O3/c22-10-14-12-5-6-13(9-12)17(14)19-15(23)7-8-16-20-21-18(24-16)11-3-1-2-4-11/h11-14,17,22H,1-10H2,(H,19,23). The molecule has 4 unspecified atom stereocenters. The van der Waals surface area contributed by atoms with E-state index in [9.17, 15) is 9.90 Å². The molecule has 24 heavy (non-hydrogen) atoms. The van der Waals surface area contributed by atoms with E-state index >= 15 is 0 Å². The van der Waals surface area contributed by atoms with Gasteiger partial charge >= 0.3 is 0 Å². The average molecular weight is 333 g/mol. The second kappa shape index (κ2) is 6.82. The van der Waals surface area contributed by atoms with Crippen LogP contribution in [0.15, 0.2) is 4.42 Å². The number of amides is 1. The quantitative estimate of drug-likeness (QED) is 0.833. The van der Waals surface area contributed by atoms with Crippen LogP contribution in [-0.4, -0.2) is 33.9 Å². The summed E-state index contributed by atoms with van der Waals surface area (Å²) in [6.45, 7) is 0.181. The van der Waals surface area contributed by atoms with Crippen LogP contribution in [0.4, 0.5) is 0 Å². The summed E-state index contributed by atoms with van der Waals surface area (Å²) in [6.07, 6.45) is 9.15. The smallest absolute Gasteiger partial charge is 0.220 e. The molecule has 1 amide bonds. The number of carbonyl (C=O) groups is 1. The van der Waals surface area contributed by atoms with Crippen LogP contribution in [0.5, 0.6) is 0 Å². The summed E-state index contributed by atoms with van der Waals surface area (Å²) >= 11 is 0. The van der Waals surface area contributed by atoms with Crippen molar-refractivity contribution in [3.63, 3.8) is 0 Å². The number of aryl methyl sites for hydroxylation is 1. The van der Waals surface area contributed by atoms with E-state index in [1.807, 2.05) is 0 Å². The first-order valence-corrected chi connectivity index (χ1v) is 9.47. The third-order valence-electron chi connectivity index (χ3n) is 6.38. The van der Waals surface area contributed by atoms with E-state index in [0.717, 1.165) is 25.2 Å². The fourth-order valence-electron chi connectivity index (χ4n) is 5.08. The number of nitrogens with one attached hydrogen (secondary N) is 1. The molecule has 4 rings (SSSR count). The van der Waals surface area contributed by atoms with Gasteiger partial charge in [0.25, 0.3) is 0 Å². The van der Waals surface area contributed by atoms with Crippen LogP contribution in [0.3, 0.4) is 0 Å². The van der Waals surface area contributed by atoms with Crippen LogP contribution in [-0.2, 0) is 11.2 Å². The van der Waals surface area contributed by atoms with Crippen molar-refractivity contribution >= 4 is 5.91 Å². The molecule has 3 saturated carbocycles. The van der Waals surface area contributed by atoms with Gasteiger partial charge in [0.1, 0.15) is 0 Å². The van der Waals surface area contributed by atoms with E-state index in [1.165, 1.54) is 25.7 Å². The molecule has 0 radical (unpaired) electrons. The first-order valence-electron chi connectivity index (χ1n) is 9.47. The van der Waals surface area contributed by atoms with Gasteiger partial charge in [-0.2, -0.15) is 0 Å². The Labute approximate surface area is 142 Å². The van der Waals surface area contributed by atoms with Crippen LogP contribution in [0.2, 0.25) is 0 Å². The van der Waals surface area contributed by atoms with Crippen LogP contribution in [0.25, 0.3) is 0 Å². The summed E-state index contributed by atoms with van der Waals surface area (Å²) in [5, 5.41) is 21.0. The maximum atomic E-state index is 12.3. The topological polar surface area (TPSA) is 88.2 Å². The molecule has 4 atom stereocenters. The molecule has 2 N–H and O–H groups in total. The van der Waals surface area contributed by atoms with Crippen LogP contribution in [0, 0.1) is 17.8 Å². The number of hydrogen-bond acceptors (Lipinski definition) is 5. The number of aromatic nitrogens is 2. The maximum Gasteiger partial charge on any atom is 0.220 e. The van der Waals surface area contributed by atoms with Gasteiger partial charge in [0.15, 0.2) is 0 Å². The van der Waals surface area contributed by atoms with Crippen molar-refractivity contribution in [1.29, 1.82) is 0 Å². The summed E-state index contributed by atoms with van der Waals surface area (Å²) in [5.74, 6) is 3.15. The third-order valence-corrected chi connectivity index (χ3v) is 6.38. The highest BCUT2D eigenvalue weighted by atomic mass is 16.4. The molecule has 0 aliphatic heterocycles. The van der Waals surface area contributed by atoms with Crippen LogP contribution < -0.4 is 5.32 Å². The number of nitrogens with zero attached hydrogens (tertiary/aromatic N) is 2. The van der Waals surface area contributed by atoms with Gasteiger partial charge in [-0.1, -0.05) is 12.8 Å². The summed E-state index contributed by atoms with van der Waals surface area (Å²) in [5.41, 5.74) is 0. The number of hydrogen-bond donors (Lipinski definition) is 2. The second-order valence-electron chi connectivity index (χ2n) is 7.79. The number of aliphatic hydroxyl groups excluding tert-OH is 1. The average Bonchev–Trinajstić information content (AvgIpc) is 3.36. The van der Waals surface area contributed by atoms with Crippen molar-refractivity contribution in [2.45, 2.75) is 69.7 Å². The molecule has 132 valence electrons. The minimum Gasteiger partial charge on any atom is -0.425 e. The van der Waals surface area contributed by atoms with Crippen molar-refractivity contribution in [1.82, 2.24) is 15.5 Å². The van der Waals surface area contributed by atoms with E-state index in [0.29, 0.717) is 36.5 Å². The molecule has 1 aromatic rings. The fourth-order valence-corrected chi connectivity index (χ4v) is 5.08. The number of carbonyl (C=O) groups excluding carboxylic acids is 1. The highest BCUT2D eigenvalue weighted by Gasteiger charge is 2.47. The molecule has 1 heterocycles. The molecule has 3 fully saturated rings. The van der Waals surface area contributed by atoms with Gasteiger partial charge in [0, 0.05) is 37.3 Å². The normalized spacial score (nSPS) is 32.5. The minimum atomic E-state index is 0.0339. The summed E-state index contributed by atoms with van der Waals surface area (Å²) in [7, 11) is 0.